The van der Waals surface area contributed by atoms with Gasteiger partial charge in [-0.05, 0) is 36.1 Å². The summed E-state index contributed by atoms with van der Waals surface area (Å²) in [6.07, 6.45) is 2.05. The maximum absolute atomic E-state index is 10.4. The quantitative estimate of drug-likeness (QED) is 0.719. The molecule has 0 saturated heterocycles. The summed E-state index contributed by atoms with van der Waals surface area (Å²) in [6.45, 7) is 0.486. The van der Waals surface area contributed by atoms with Gasteiger partial charge in [-0.3, -0.25) is 4.79 Å². The first-order valence-corrected chi connectivity index (χ1v) is 5.44. The number of rotatable bonds is 4. The Kier molecular flexibility index (Phi) is 3.10. The van der Waals surface area contributed by atoms with Crippen LogP contribution in [-0.2, 0) is 11.2 Å². The van der Waals surface area contributed by atoms with E-state index in [4.69, 9.17) is 5.11 Å². The molecule has 1 aromatic rings. The van der Waals surface area contributed by atoms with Gasteiger partial charge >= 0.3 is 5.97 Å². The summed E-state index contributed by atoms with van der Waals surface area (Å²) < 4.78 is 0. The molecule has 1 atom stereocenters. The highest BCUT2D eigenvalue weighted by atomic mass is 16.4. The lowest BCUT2D eigenvalue weighted by Crippen LogP contribution is -2.22. The molecule has 4 nitrogen and oxygen atoms in total. The van der Waals surface area contributed by atoms with Crippen molar-refractivity contribution in [1.82, 2.24) is 5.32 Å². The van der Waals surface area contributed by atoms with E-state index in [1.54, 1.807) is 12.1 Å². The number of nitrogens with one attached hydrogen (secondary N) is 1. The summed E-state index contributed by atoms with van der Waals surface area (Å²) in [5, 5.41) is 21.1. The Labute approximate surface area is 93.9 Å². The Morgan fingerprint density at radius 2 is 2.31 bits per heavy atom. The van der Waals surface area contributed by atoms with Crippen molar-refractivity contribution in [3.63, 3.8) is 0 Å². The molecule has 2 rings (SSSR count). The van der Waals surface area contributed by atoms with Gasteiger partial charge in [0.15, 0.2) is 0 Å². The number of carboxylic acids is 1. The van der Waals surface area contributed by atoms with Gasteiger partial charge in [0.1, 0.15) is 5.75 Å². The van der Waals surface area contributed by atoms with Crippen molar-refractivity contribution in [1.29, 1.82) is 0 Å². The van der Waals surface area contributed by atoms with Gasteiger partial charge in [0.25, 0.3) is 0 Å². The Hall–Kier alpha value is -1.55. The molecule has 4 heteroatoms. The summed E-state index contributed by atoms with van der Waals surface area (Å²) >= 11 is 0. The van der Waals surface area contributed by atoms with E-state index in [0.29, 0.717) is 12.3 Å². The minimum atomic E-state index is -0.781. The van der Waals surface area contributed by atoms with Crippen molar-refractivity contribution in [2.75, 3.05) is 6.54 Å². The van der Waals surface area contributed by atoms with Gasteiger partial charge in [-0.2, -0.15) is 0 Å². The van der Waals surface area contributed by atoms with Crippen LogP contribution in [0.25, 0.3) is 0 Å². The maximum atomic E-state index is 10.4. The number of hydrogen-bond donors (Lipinski definition) is 3. The molecule has 0 bridgehead atoms. The predicted molar refractivity (Wildman–Crippen MR) is 59.4 cm³/mol. The molecule has 3 N–H and O–H groups in total. The molecule has 1 aliphatic carbocycles. The largest absolute Gasteiger partial charge is 0.508 e. The Balaban J connectivity index is 1.98. The van der Waals surface area contributed by atoms with Crippen molar-refractivity contribution in [2.24, 2.45) is 0 Å². The number of aliphatic carboxylic acids is 1. The third-order valence-electron chi connectivity index (χ3n) is 2.93. The van der Waals surface area contributed by atoms with E-state index < -0.39 is 5.97 Å². The fourth-order valence-electron chi connectivity index (χ4n) is 2.17. The molecule has 0 heterocycles. The summed E-state index contributed by atoms with van der Waals surface area (Å²) in [5.74, 6) is -0.485. The average Bonchev–Trinajstić information content (AvgIpc) is 2.60. The summed E-state index contributed by atoms with van der Waals surface area (Å²) in [7, 11) is 0. The molecule has 0 aliphatic heterocycles. The van der Waals surface area contributed by atoms with E-state index >= 15 is 0 Å². The summed E-state index contributed by atoms with van der Waals surface area (Å²) in [5.41, 5.74) is 2.34. The van der Waals surface area contributed by atoms with Crippen LogP contribution in [0.5, 0.6) is 5.75 Å². The van der Waals surface area contributed by atoms with E-state index in [0.717, 1.165) is 18.4 Å². The predicted octanol–water partition coefficient (Wildman–Crippen LogP) is 1.44. The third-order valence-corrected chi connectivity index (χ3v) is 2.93. The monoisotopic (exact) mass is 221 g/mol. The van der Waals surface area contributed by atoms with Crippen LogP contribution in [0.3, 0.4) is 0 Å². The Morgan fingerprint density at radius 1 is 1.50 bits per heavy atom. The van der Waals surface area contributed by atoms with Crippen LogP contribution >= 0.6 is 0 Å². The van der Waals surface area contributed by atoms with Crippen LogP contribution in [0, 0.1) is 0 Å². The zero-order chi connectivity index (χ0) is 11.5. The van der Waals surface area contributed by atoms with Crippen LogP contribution in [0.2, 0.25) is 0 Å². The Morgan fingerprint density at radius 3 is 3.06 bits per heavy atom. The van der Waals surface area contributed by atoms with Crippen LogP contribution in [0.4, 0.5) is 0 Å². The van der Waals surface area contributed by atoms with Crippen molar-refractivity contribution in [3.8, 4) is 5.75 Å². The molecule has 0 spiro atoms. The molecular weight excluding hydrogens is 206 g/mol. The lowest BCUT2D eigenvalue weighted by atomic mass is 10.1. The standard InChI is InChI=1S/C12H15NO3/c14-9-2-3-10-8(7-9)1-4-11(10)13-6-5-12(15)16/h2-3,7,11,13-14H,1,4-6H2,(H,15,16). The number of phenols is 1. The first-order valence-electron chi connectivity index (χ1n) is 5.44. The average molecular weight is 221 g/mol. The maximum Gasteiger partial charge on any atom is 0.304 e. The number of benzene rings is 1. The number of carboxylic acid groups (broad SMARTS) is 1. The van der Waals surface area contributed by atoms with Crippen molar-refractivity contribution < 1.29 is 15.0 Å². The molecule has 1 aliphatic rings. The molecule has 0 radical (unpaired) electrons. The lowest BCUT2D eigenvalue weighted by Gasteiger charge is -2.13. The first-order chi connectivity index (χ1) is 7.66. The number of fused-ring (bicyclic) bond motifs is 1. The number of aryl methyl sites for hydroxylation is 1. The van der Waals surface area contributed by atoms with E-state index in [2.05, 4.69) is 5.32 Å². The molecule has 0 amide bonds. The van der Waals surface area contributed by atoms with Crippen LogP contribution in [-0.4, -0.2) is 22.7 Å². The van der Waals surface area contributed by atoms with Gasteiger partial charge in [0, 0.05) is 12.6 Å². The number of carbonyl (C=O) groups is 1. The van der Waals surface area contributed by atoms with Crippen molar-refractivity contribution in [3.05, 3.63) is 29.3 Å². The SMILES string of the molecule is O=C(O)CCNC1CCc2cc(O)ccc21. The highest BCUT2D eigenvalue weighted by molar-refractivity contribution is 5.66. The normalized spacial score (nSPS) is 18.4. The van der Waals surface area contributed by atoms with Crippen molar-refractivity contribution >= 4 is 5.97 Å². The van der Waals surface area contributed by atoms with Gasteiger partial charge in [-0.25, -0.2) is 0 Å². The van der Waals surface area contributed by atoms with Crippen LogP contribution in [0.15, 0.2) is 18.2 Å². The number of aromatic hydroxyl groups is 1. The third kappa shape index (κ3) is 2.33. The highest BCUT2D eigenvalue weighted by Crippen LogP contribution is 2.32. The van der Waals surface area contributed by atoms with E-state index in [1.165, 1.54) is 5.56 Å². The molecule has 0 fully saturated rings. The second-order valence-corrected chi connectivity index (χ2v) is 4.07. The molecule has 0 saturated carbocycles. The summed E-state index contributed by atoms with van der Waals surface area (Å²) in [4.78, 5) is 10.4. The van der Waals surface area contributed by atoms with Gasteiger partial charge in [-0.15, -0.1) is 0 Å². The lowest BCUT2D eigenvalue weighted by molar-refractivity contribution is -0.136. The second kappa shape index (κ2) is 4.53. The molecule has 86 valence electrons. The van der Waals surface area contributed by atoms with Gasteiger partial charge < -0.3 is 15.5 Å². The van der Waals surface area contributed by atoms with E-state index in [9.17, 15) is 9.90 Å². The smallest absolute Gasteiger partial charge is 0.304 e. The molecule has 1 aromatic carbocycles. The zero-order valence-corrected chi connectivity index (χ0v) is 8.94. The second-order valence-electron chi connectivity index (χ2n) is 4.07. The van der Waals surface area contributed by atoms with Gasteiger partial charge in [0.2, 0.25) is 0 Å². The van der Waals surface area contributed by atoms with Gasteiger partial charge in [-0.1, -0.05) is 6.07 Å². The number of phenolic OH excluding ortho intramolecular Hbond substituents is 1. The zero-order valence-electron chi connectivity index (χ0n) is 8.94. The molecule has 0 aromatic heterocycles. The minimum absolute atomic E-state index is 0.143. The number of hydrogen-bond acceptors (Lipinski definition) is 3. The molecule has 16 heavy (non-hydrogen) atoms. The van der Waals surface area contributed by atoms with Crippen molar-refractivity contribution in [2.45, 2.75) is 25.3 Å². The Bertz CT molecular complexity index is 403. The van der Waals surface area contributed by atoms with Crippen LogP contribution < -0.4 is 5.32 Å². The van der Waals surface area contributed by atoms with E-state index in [-0.39, 0.29) is 12.5 Å². The minimum Gasteiger partial charge on any atom is -0.508 e. The first kappa shape index (κ1) is 11.0. The summed E-state index contributed by atoms with van der Waals surface area (Å²) in [6, 6.07) is 5.61. The topological polar surface area (TPSA) is 69.6 Å². The highest BCUT2D eigenvalue weighted by Gasteiger charge is 2.21. The fourth-order valence-corrected chi connectivity index (χ4v) is 2.17. The molecular formula is C12H15NO3. The molecule has 1 unspecified atom stereocenters. The van der Waals surface area contributed by atoms with Crippen LogP contribution in [0.1, 0.15) is 30.0 Å². The fraction of sp³-hybridized carbons (Fsp3) is 0.417. The van der Waals surface area contributed by atoms with E-state index in [1.807, 2.05) is 6.07 Å². The van der Waals surface area contributed by atoms with Gasteiger partial charge in [0.05, 0.1) is 6.42 Å².